The zero-order chi connectivity index (χ0) is 15.5. The number of carbonyl (C=O) groups is 1. The number of esters is 1. The van der Waals surface area contributed by atoms with E-state index in [4.69, 9.17) is 4.74 Å². The lowest BCUT2D eigenvalue weighted by atomic mass is 10.2. The van der Waals surface area contributed by atoms with Crippen LogP contribution in [0.15, 0.2) is 48.5 Å². The van der Waals surface area contributed by atoms with Crippen LogP contribution >= 0.6 is 0 Å². The summed E-state index contributed by atoms with van der Waals surface area (Å²) in [6.45, 7) is 6.96. The first-order chi connectivity index (χ1) is 9.91. The van der Waals surface area contributed by atoms with Gasteiger partial charge >= 0.3 is 27.2 Å². The number of ether oxygens (including phenoxy) is 1. The van der Waals surface area contributed by atoms with Crippen LogP contribution in [-0.2, 0) is 4.74 Å². The van der Waals surface area contributed by atoms with Crippen LogP contribution in [-0.4, -0.2) is 21.2 Å². The van der Waals surface area contributed by atoms with E-state index >= 15 is 0 Å². The Bertz CT molecular complexity index is 633. The normalized spacial score (nSPS) is 11.2. The molecule has 0 spiro atoms. The van der Waals surface area contributed by atoms with Crippen LogP contribution in [0.25, 0.3) is 0 Å². The summed E-state index contributed by atoms with van der Waals surface area (Å²) in [6, 6.07) is 16.7. The minimum absolute atomic E-state index is 0.213. The van der Waals surface area contributed by atoms with E-state index in [1.54, 1.807) is 0 Å². The van der Waals surface area contributed by atoms with Gasteiger partial charge in [-0.25, -0.2) is 4.79 Å². The van der Waals surface area contributed by atoms with Crippen molar-refractivity contribution >= 4 is 19.2 Å². The molecular formula is C17H20IO2Si+. The maximum atomic E-state index is 11.8. The standard InChI is InChI=1S/C17H20IO2Si/c1-20-17(19)13-10-11-15(16(12-13)21(2,3)4)18-14-8-6-5-7-9-14/h5-12H,1-4H3/q+1. The molecule has 4 heteroatoms. The molecule has 0 amide bonds. The summed E-state index contributed by atoms with van der Waals surface area (Å²) in [5.41, 5.74) is 0.663. The zero-order valence-corrected chi connectivity index (χ0v) is 16.0. The van der Waals surface area contributed by atoms with Gasteiger partial charge in [0.2, 0.25) is 0 Å². The Balaban J connectivity index is 2.43. The lowest BCUT2D eigenvalue weighted by Gasteiger charge is -2.17. The van der Waals surface area contributed by atoms with E-state index in [9.17, 15) is 4.79 Å². The molecule has 0 aliphatic heterocycles. The highest BCUT2D eigenvalue weighted by atomic mass is 127. The largest absolute Gasteiger partial charge is 0.465 e. The number of hydrogen-bond donors (Lipinski definition) is 0. The minimum Gasteiger partial charge on any atom is -0.465 e. The average molecular weight is 411 g/mol. The molecule has 2 aromatic carbocycles. The lowest BCUT2D eigenvalue weighted by Crippen LogP contribution is -3.62. The van der Waals surface area contributed by atoms with Crippen LogP contribution in [0.1, 0.15) is 10.4 Å². The van der Waals surface area contributed by atoms with E-state index in [1.807, 2.05) is 12.1 Å². The highest BCUT2D eigenvalue weighted by Gasteiger charge is 2.29. The molecule has 0 saturated carbocycles. The van der Waals surface area contributed by atoms with E-state index in [2.05, 4.69) is 56.0 Å². The summed E-state index contributed by atoms with van der Waals surface area (Å²) in [5, 5.41) is 1.38. The van der Waals surface area contributed by atoms with Gasteiger partial charge < -0.3 is 4.74 Å². The fourth-order valence-corrected chi connectivity index (χ4v) is 8.41. The molecule has 2 nitrogen and oxygen atoms in total. The van der Waals surface area contributed by atoms with Crippen LogP contribution in [0.5, 0.6) is 0 Å². The number of methoxy groups -OCH3 is 1. The third kappa shape index (κ3) is 4.17. The van der Waals surface area contributed by atoms with Crippen molar-refractivity contribution in [2.45, 2.75) is 19.6 Å². The Labute approximate surface area is 137 Å². The quantitative estimate of drug-likeness (QED) is 0.407. The first-order valence-corrected chi connectivity index (χ1v) is 12.5. The summed E-state index contributed by atoms with van der Waals surface area (Å²) < 4.78 is 7.67. The van der Waals surface area contributed by atoms with Crippen molar-refractivity contribution in [3.8, 4) is 0 Å². The molecule has 0 aromatic heterocycles. The van der Waals surface area contributed by atoms with E-state index in [-0.39, 0.29) is 27.2 Å². The fourth-order valence-electron chi connectivity index (χ4n) is 2.02. The Kier molecular flexibility index (Phi) is 5.21. The molecule has 0 N–H and O–H groups in total. The zero-order valence-electron chi connectivity index (χ0n) is 12.8. The van der Waals surface area contributed by atoms with Crippen molar-refractivity contribution in [1.82, 2.24) is 0 Å². The van der Waals surface area contributed by atoms with E-state index in [1.165, 1.54) is 19.4 Å². The molecule has 0 heterocycles. The third-order valence-electron chi connectivity index (χ3n) is 3.14. The molecule has 0 radical (unpaired) electrons. The van der Waals surface area contributed by atoms with Gasteiger partial charge in [-0.15, -0.1) is 0 Å². The van der Waals surface area contributed by atoms with Gasteiger partial charge in [0, 0.05) is 0 Å². The molecule has 2 aromatic rings. The molecule has 21 heavy (non-hydrogen) atoms. The van der Waals surface area contributed by atoms with Crippen molar-refractivity contribution in [3.63, 3.8) is 0 Å². The second kappa shape index (κ2) is 6.75. The molecule has 0 aliphatic rings. The summed E-state index contributed by atoms with van der Waals surface area (Å²) in [7, 11) is -0.0701. The maximum Gasteiger partial charge on any atom is 0.357 e. The Morgan fingerprint density at radius 3 is 2.29 bits per heavy atom. The number of rotatable bonds is 4. The summed E-state index contributed by atoms with van der Waals surface area (Å²) >= 11 is -0.213. The summed E-state index contributed by atoms with van der Waals surface area (Å²) in [6.07, 6.45) is 0. The molecule has 0 fully saturated rings. The van der Waals surface area contributed by atoms with Gasteiger partial charge in [-0.1, -0.05) is 37.8 Å². The first kappa shape index (κ1) is 16.2. The van der Waals surface area contributed by atoms with Crippen molar-refractivity contribution in [2.24, 2.45) is 0 Å². The van der Waals surface area contributed by atoms with Crippen LogP contribution in [0, 0.1) is 7.14 Å². The van der Waals surface area contributed by atoms with E-state index in [0.717, 1.165) is 0 Å². The minimum atomic E-state index is -1.50. The lowest BCUT2D eigenvalue weighted by molar-refractivity contribution is -0.596. The second-order valence-electron chi connectivity index (χ2n) is 5.83. The predicted molar refractivity (Wildman–Crippen MR) is 84.6 cm³/mol. The SMILES string of the molecule is COC(=O)c1ccc([I+]c2ccccc2)c([Si](C)(C)C)c1. The van der Waals surface area contributed by atoms with Crippen LogP contribution in [0.2, 0.25) is 19.6 Å². The van der Waals surface area contributed by atoms with Crippen LogP contribution < -0.4 is 26.4 Å². The van der Waals surface area contributed by atoms with Gasteiger partial charge in [0.1, 0.15) is 0 Å². The molecule has 0 saturated heterocycles. The molecule has 0 atom stereocenters. The topological polar surface area (TPSA) is 26.3 Å². The van der Waals surface area contributed by atoms with Gasteiger partial charge in [0.25, 0.3) is 0 Å². The van der Waals surface area contributed by atoms with Crippen LogP contribution in [0.4, 0.5) is 0 Å². The molecule has 0 aliphatic carbocycles. The van der Waals surface area contributed by atoms with Crippen molar-refractivity contribution in [2.75, 3.05) is 7.11 Å². The third-order valence-corrected chi connectivity index (χ3v) is 8.54. The number of hydrogen-bond acceptors (Lipinski definition) is 2. The monoisotopic (exact) mass is 411 g/mol. The van der Waals surface area contributed by atoms with Gasteiger partial charge in [0.15, 0.2) is 7.14 Å². The number of carbonyl (C=O) groups excluding carboxylic acids is 1. The van der Waals surface area contributed by atoms with Crippen molar-refractivity contribution < 1.29 is 30.7 Å². The molecular weight excluding hydrogens is 391 g/mol. The number of benzene rings is 2. The van der Waals surface area contributed by atoms with Gasteiger partial charge in [-0.3, -0.25) is 0 Å². The molecule has 110 valence electrons. The molecule has 0 bridgehead atoms. The second-order valence-corrected chi connectivity index (χ2v) is 13.8. The van der Waals surface area contributed by atoms with Gasteiger partial charge in [-0.05, 0) is 35.5 Å². The average Bonchev–Trinajstić information content (AvgIpc) is 2.47. The first-order valence-electron chi connectivity index (χ1n) is 6.84. The smallest absolute Gasteiger partial charge is 0.357 e. The Hall–Kier alpha value is -1.14. The fraction of sp³-hybridized carbons (Fsp3) is 0.235. The number of halogens is 1. The molecule has 2 rings (SSSR count). The predicted octanol–water partition coefficient (Wildman–Crippen LogP) is 0.147. The maximum absolute atomic E-state index is 11.8. The molecule has 0 unspecified atom stereocenters. The Morgan fingerprint density at radius 2 is 1.71 bits per heavy atom. The Morgan fingerprint density at radius 1 is 1.05 bits per heavy atom. The van der Waals surface area contributed by atoms with E-state index < -0.39 is 8.07 Å². The summed E-state index contributed by atoms with van der Waals surface area (Å²) in [5.74, 6) is -0.251. The van der Waals surface area contributed by atoms with Crippen molar-refractivity contribution in [3.05, 3.63) is 61.2 Å². The van der Waals surface area contributed by atoms with Gasteiger partial charge in [-0.2, -0.15) is 0 Å². The van der Waals surface area contributed by atoms with Crippen molar-refractivity contribution in [1.29, 1.82) is 0 Å². The summed E-state index contributed by atoms with van der Waals surface area (Å²) in [4.78, 5) is 11.8. The van der Waals surface area contributed by atoms with Gasteiger partial charge in [0.05, 0.1) is 20.7 Å². The highest BCUT2D eigenvalue weighted by molar-refractivity contribution is 6.88. The van der Waals surface area contributed by atoms with Crippen LogP contribution in [0.3, 0.4) is 0 Å². The van der Waals surface area contributed by atoms with E-state index in [0.29, 0.717) is 5.56 Å². The highest BCUT2D eigenvalue weighted by Crippen LogP contribution is 2.06.